The molecular formula is C17H32N6O. The Labute approximate surface area is 145 Å². The number of guanidine groups is 1. The van der Waals surface area contributed by atoms with Gasteiger partial charge in [-0.3, -0.25) is 9.67 Å². The molecule has 1 aromatic heterocycles. The summed E-state index contributed by atoms with van der Waals surface area (Å²) in [7, 11) is 7.99. The van der Waals surface area contributed by atoms with Gasteiger partial charge in [-0.1, -0.05) is 0 Å². The minimum absolute atomic E-state index is 0.261. The maximum absolute atomic E-state index is 5.57. The third-order valence-corrected chi connectivity index (χ3v) is 4.54. The highest BCUT2D eigenvalue weighted by molar-refractivity contribution is 5.80. The zero-order valence-electron chi connectivity index (χ0n) is 15.7. The Kier molecular flexibility index (Phi) is 7.05. The Hall–Kier alpha value is -1.60. The summed E-state index contributed by atoms with van der Waals surface area (Å²) in [4.78, 5) is 9.01. The van der Waals surface area contributed by atoms with Crippen molar-refractivity contribution in [3.8, 4) is 0 Å². The molecule has 2 atom stereocenters. The van der Waals surface area contributed by atoms with Crippen molar-refractivity contribution in [1.82, 2.24) is 24.9 Å². The van der Waals surface area contributed by atoms with Gasteiger partial charge in [0.15, 0.2) is 5.96 Å². The van der Waals surface area contributed by atoms with Crippen LogP contribution in [0.5, 0.6) is 0 Å². The SMILES string of the molecule is CCOCC1CCN(C(=NC)NCC(c2cnn(C)c2)N(C)C)C1. The summed E-state index contributed by atoms with van der Waals surface area (Å²) >= 11 is 0. The fourth-order valence-electron chi connectivity index (χ4n) is 3.18. The number of nitrogens with zero attached hydrogens (tertiary/aromatic N) is 5. The molecule has 1 fully saturated rings. The van der Waals surface area contributed by atoms with E-state index in [9.17, 15) is 0 Å². The first-order valence-electron chi connectivity index (χ1n) is 8.73. The van der Waals surface area contributed by atoms with Gasteiger partial charge in [0, 0.05) is 58.0 Å². The van der Waals surface area contributed by atoms with Gasteiger partial charge in [0.05, 0.1) is 18.8 Å². The third kappa shape index (κ3) is 4.95. The molecule has 1 N–H and O–H groups in total. The van der Waals surface area contributed by atoms with Crippen LogP contribution in [0, 0.1) is 5.92 Å². The lowest BCUT2D eigenvalue weighted by Crippen LogP contribution is -2.43. The van der Waals surface area contributed by atoms with Crippen molar-refractivity contribution in [2.45, 2.75) is 19.4 Å². The van der Waals surface area contributed by atoms with Crippen molar-refractivity contribution in [2.75, 3.05) is 54.0 Å². The second-order valence-corrected chi connectivity index (χ2v) is 6.62. The first-order chi connectivity index (χ1) is 11.5. The monoisotopic (exact) mass is 336 g/mol. The number of aryl methyl sites for hydroxylation is 1. The molecule has 2 unspecified atom stereocenters. The van der Waals surface area contributed by atoms with E-state index in [-0.39, 0.29) is 6.04 Å². The van der Waals surface area contributed by atoms with E-state index in [0.29, 0.717) is 5.92 Å². The lowest BCUT2D eigenvalue weighted by Gasteiger charge is -2.27. The molecule has 1 aromatic rings. The number of likely N-dealkylation sites (N-methyl/N-ethyl adjacent to an activating group) is 1. The van der Waals surface area contributed by atoms with Crippen LogP contribution in [0.4, 0.5) is 0 Å². The molecule has 0 amide bonds. The van der Waals surface area contributed by atoms with Gasteiger partial charge in [-0.15, -0.1) is 0 Å². The fraction of sp³-hybridized carbons (Fsp3) is 0.765. The minimum atomic E-state index is 0.261. The van der Waals surface area contributed by atoms with Crippen LogP contribution in [-0.4, -0.2) is 79.5 Å². The number of hydrogen-bond donors (Lipinski definition) is 1. The van der Waals surface area contributed by atoms with Gasteiger partial charge in [-0.05, 0) is 27.4 Å². The van der Waals surface area contributed by atoms with Gasteiger partial charge in [0.1, 0.15) is 0 Å². The van der Waals surface area contributed by atoms with Crippen LogP contribution >= 0.6 is 0 Å². The molecule has 2 rings (SSSR count). The van der Waals surface area contributed by atoms with Crippen LogP contribution in [0.15, 0.2) is 17.4 Å². The van der Waals surface area contributed by atoms with Crippen LogP contribution in [0.1, 0.15) is 24.9 Å². The zero-order valence-corrected chi connectivity index (χ0v) is 15.7. The fourth-order valence-corrected chi connectivity index (χ4v) is 3.18. The first kappa shape index (κ1) is 18.7. The summed E-state index contributed by atoms with van der Waals surface area (Å²) in [5.74, 6) is 1.58. The molecule has 0 bridgehead atoms. The Bertz CT molecular complexity index is 527. The van der Waals surface area contributed by atoms with E-state index in [1.54, 1.807) is 0 Å². The van der Waals surface area contributed by atoms with Crippen LogP contribution in [-0.2, 0) is 11.8 Å². The zero-order chi connectivity index (χ0) is 17.5. The van der Waals surface area contributed by atoms with E-state index < -0.39 is 0 Å². The Morgan fingerprint density at radius 3 is 2.92 bits per heavy atom. The van der Waals surface area contributed by atoms with E-state index >= 15 is 0 Å². The molecule has 0 saturated carbocycles. The second-order valence-electron chi connectivity index (χ2n) is 6.62. The summed E-state index contributed by atoms with van der Waals surface area (Å²) in [5.41, 5.74) is 1.21. The summed E-state index contributed by atoms with van der Waals surface area (Å²) in [6.07, 6.45) is 5.17. The number of aromatic nitrogens is 2. The van der Waals surface area contributed by atoms with Crippen molar-refractivity contribution in [3.63, 3.8) is 0 Å². The molecule has 0 radical (unpaired) electrons. The van der Waals surface area contributed by atoms with Crippen molar-refractivity contribution in [3.05, 3.63) is 18.0 Å². The molecule has 1 aliphatic heterocycles. The highest BCUT2D eigenvalue weighted by Crippen LogP contribution is 2.18. The second kappa shape index (κ2) is 9.03. The summed E-state index contributed by atoms with van der Waals surface area (Å²) in [6, 6.07) is 0.261. The van der Waals surface area contributed by atoms with Crippen LogP contribution in [0.3, 0.4) is 0 Å². The first-order valence-corrected chi connectivity index (χ1v) is 8.73. The number of nitrogens with one attached hydrogen (secondary N) is 1. The Morgan fingerprint density at radius 2 is 2.33 bits per heavy atom. The molecule has 0 aromatic carbocycles. The topological polar surface area (TPSA) is 57.9 Å². The predicted octanol–water partition coefficient (Wildman–Crippen LogP) is 0.957. The highest BCUT2D eigenvalue weighted by Gasteiger charge is 2.25. The normalized spacial score (nSPS) is 20.0. The summed E-state index contributed by atoms with van der Waals surface area (Å²) in [6.45, 7) is 6.54. The number of likely N-dealkylation sites (tertiary alicyclic amines) is 1. The largest absolute Gasteiger partial charge is 0.381 e. The molecule has 7 nitrogen and oxygen atoms in total. The van der Waals surface area contributed by atoms with Crippen molar-refractivity contribution >= 4 is 5.96 Å². The standard InChI is InChI=1S/C17H32N6O/c1-6-24-13-14-7-8-23(11-14)17(18-2)19-10-16(21(3)4)15-9-20-22(5)12-15/h9,12,14,16H,6-8,10-11,13H2,1-5H3,(H,18,19). The number of hydrogen-bond acceptors (Lipinski definition) is 4. The van der Waals surface area contributed by atoms with Gasteiger partial charge < -0.3 is 19.9 Å². The van der Waals surface area contributed by atoms with Gasteiger partial charge >= 0.3 is 0 Å². The Morgan fingerprint density at radius 1 is 1.54 bits per heavy atom. The molecule has 0 aliphatic carbocycles. The smallest absolute Gasteiger partial charge is 0.193 e. The molecule has 1 aliphatic rings. The van der Waals surface area contributed by atoms with Crippen molar-refractivity contribution in [2.24, 2.45) is 18.0 Å². The number of ether oxygens (including phenoxy) is 1. The van der Waals surface area contributed by atoms with Gasteiger partial charge in [-0.2, -0.15) is 5.10 Å². The molecule has 0 spiro atoms. The van der Waals surface area contributed by atoms with Crippen LogP contribution in [0.2, 0.25) is 0 Å². The quantitative estimate of drug-likeness (QED) is 0.594. The van der Waals surface area contributed by atoms with E-state index in [4.69, 9.17) is 4.74 Å². The van der Waals surface area contributed by atoms with Crippen molar-refractivity contribution in [1.29, 1.82) is 0 Å². The molecule has 24 heavy (non-hydrogen) atoms. The predicted molar refractivity (Wildman–Crippen MR) is 97.2 cm³/mol. The van der Waals surface area contributed by atoms with Gasteiger partial charge in [-0.25, -0.2) is 0 Å². The summed E-state index contributed by atoms with van der Waals surface area (Å²) in [5, 5.41) is 7.82. The van der Waals surface area contributed by atoms with Crippen LogP contribution < -0.4 is 5.32 Å². The van der Waals surface area contributed by atoms with E-state index in [1.807, 2.05) is 31.9 Å². The molecule has 2 heterocycles. The van der Waals surface area contributed by atoms with E-state index in [0.717, 1.165) is 38.8 Å². The van der Waals surface area contributed by atoms with E-state index in [2.05, 4.69) is 45.5 Å². The third-order valence-electron chi connectivity index (χ3n) is 4.54. The summed E-state index contributed by atoms with van der Waals surface area (Å²) < 4.78 is 7.41. The van der Waals surface area contributed by atoms with E-state index in [1.165, 1.54) is 12.0 Å². The number of rotatable bonds is 7. The molecule has 136 valence electrons. The highest BCUT2D eigenvalue weighted by atomic mass is 16.5. The lowest BCUT2D eigenvalue weighted by atomic mass is 10.1. The molecule has 7 heteroatoms. The molecule has 1 saturated heterocycles. The average molecular weight is 336 g/mol. The Balaban J connectivity index is 1.90. The maximum Gasteiger partial charge on any atom is 0.193 e. The van der Waals surface area contributed by atoms with Gasteiger partial charge in [0.2, 0.25) is 0 Å². The maximum atomic E-state index is 5.57. The average Bonchev–Trinajstić information content (AvgIpc) is 3.18. The molecular weight excluding hydrogens is 304 g/mol. The van der Waals surface area contributed by atoms with Gasteiger partial charge in [0.25, 0.3) is 0 Å². The van der Waals surface area contributed by atoms with Crippen LogP contribution in [0.25, 0.3) is 0 Å². The number of aliphatic imine (C=N–C) groups is 1. The minimum Gasteiger partial charge on any atom is -0.381 e. The van der Waals surface area contributed by atoms with Crippen molar-refractivity contribution < 1.29 is 4.74 Å². The lowest BCUT2D eigenvalue weighted by molar-refractivity contribution is 0.114.